The van der Waals surface area contributed by atoms with Gasteiger partial charge in [0.25, 0.3) is 0 Å². The number of nitrogens with zero attached hydrogens (tertiary/aromatic N) is 1. The number of aldehydes is 1. The van der Waals surface area contributed by atoms with Crippen molar-refractivity contribution in [2.45, 2.75) is 32.2 Å². The SMILES string of the molecule is CC1CN(c2ccc(C(F)(F)F)cc2C=O)CC(C)O1. The molecular weight excluding hydrogens is 271 g/mol. The summed E-state index contributed by atoms with van der Waals surface area (Å²) in [5.74, 6) is 0. The van der Waals surface area contributed by atoms with Gasteiger partial charge in [-0.3, -0.25) is 4.79 Å². The third-order valence-corrected chi connectivity index (χ3v) is 3.24. The summed E-state index contributed by atoms with van der Waals surface area (Å²) in [6.07, 6.45) is -4.03. The highest BCUT2D eigenvalue weighted by molar-refractivity contribution is 5.85. The quantitative estimate of drug-likeness (QED) is 0.783. The van der Waals surface area contributed by atoms with Crippen molar-refractivity contribution in [1.82, 2.24) is 0 Å². The van der Waals surface area contributed by atoms with Crippen molar-refractivity contribution in [2.24, 2.45) is 0 Å². The molecule has 1 fully saturated rings. The van der Waals surface area contributed by atoms with Crippen LogP contribution in [0.15, 0.2) is 18.2 Å². The maximum absolute atomic E-state index is 12.7. The van der Waals surface area contributed by atoms with Crippen molar-refractivity contribution in [3.05, 3.63) is 29.3 Å². The molecule has 1 heterocycles. The van der Waals surface area contributed by atoms with Gasteiger partial charge in [-0.1, -0.05) is 0 Å². The number of anilines is 1. The zero-order chi connectivity index (χ0) is 14.9. The molecule has 2 unspecified atom stereocenters. The number of carbonyl (C=O) groups is 1. The summed E-state index contributed by atoms with van der Waals surface area (Å²) in [6.45, 7) is 4.90. The van der Waals surface area contributed by atoms with E-state index >= 15 is 0 Å². The van der Waals surface area contributed by atoms with E-state index in [9.17, 15) is 18.0 Å². The van der Waals surface area contributed by atoms with Gasteiger partial charge >= 0.3 is 6.18 Å². The molecule has 1 aliphatic rings. The second-order valence-corrected chi connectivity index (χ2v) is 5.05. The molecule has 0 radical (unpaired) electrons. The Balaban J connectivity index is 2.34. The largest absolute Gasteiger partial charge is 0.416 e. The second kappa shape index (κ2) is 5.44. The molecule has 20 heavy (non-hydrogen) atoms. The van der Waals surface area contributed by atoms with Crippen molar-refractivity contribution in [3.63, 3.8) is 0 Å². The number of hydrogen-bond donors (Lipinski definition) is 0. The average molecular weight is 287 g/mol. The first-order valence-corrected chi connectivity index (χ1v) is 6.38. The molecule has 1 aromatic carbocycles. The molecule has 0 aliphatic carbocycles. The molecule has 2 atom stereocenters. The second-order valence-electron chi connectivity index (χ2n) is 5.05. The van der Waals surface area contributed by atoms with Gasteiger partial charge in [-0.2, -0.15) is 13.2 Å². The van der Waals surface area contributed by atoms with E-state index < -0.39 is 11.7 Å². The molecule has 6 heteroatoms. The minimum atomic E-state index is -4.44. The van der Waals surface area contributed by atoms with Gasteiger partial charge in [0.15, 0.2) is 6.29 Å². The summed E-state index contributed by atoms with van der Waals surface area (Å²) in [5, 5.41) is 0. The first-order chi connectivity index (χ1) is 9.31. The summed E-state index contributed by atoms with van der Waals surface area (Å²) in [7, 11) is 0. The van der Waals surface area contributed by atoms with Crippen molar-refractivity contribution < 1.29 is 22.7 Å². The predicted molar refractivity (Wildman–Crippen MR) is 69.1 cm³/mol. The van der Waals surface area contributed by atoms with Crippen molar-refractivity contribution >= 4 is 12.0 Å². The van der Waals surface area contributed by atoms with Gasteiger partial charge in [-0.25, -0.2) is 0 Å². The van der Waals surface area contributed by atoms with Crippen LogP contribution >= 0.6 is 0 Å². The number of halogens is 3. The number of morpholine rings is 1. The van der Waals surface area contributed by atoms with E-state index in [0.717, 1.165) is 12.1 Å². The Labute approximate surface area is 115 Å². The zero-order valence-corrected chi connectivity index (χ0v) is 11.3. The van der Waals surface area contributed by atoms with Crippen LogP contribution in [0.3, 0.4) is 0 Å². The molecule has 3 nitrogen and oxygen atoms in total. The monoisotopic (exact) mass is 287 g/mol. The highest BCUT2D eigenvalue weighted by Gasteiger charge is 2.32. The fraction of sp³-hybridized carbons (Fsp3) is 0.500. The predicted octanol–water partition coefficient (Wildman–Crippen LogP) is 3.13. The van der Waals surface area contributed by atoms with Crippen LogP contribution in [0.25, 0.3) is 0 Å². The molecule has 1 aromatic rings. The summed E-state index contributed by atoms with van der Waals surface area (Å²) in [6, 6.07) is 3.26. The molecule has 0 amide bonds. The first-order valence-electron chi connectivity index (χ1n) is 6.38. The smallest absolute Gasteiger partial charge is 0.372 e. The van der Waals surface area contributed by atoms with Crippen LogP contribution < -0.4 is 4.90 Å². The van der Waals surface area contributed by atoms with Crippen LogP contribution in [0.4, 0.5) is 18.9 Å². The highest BCUT2D eigenvalue weighted by Crippen LogP contribution is 2.33. The van der Waals surface area contributed by atoms with Crippen LogP contribution in [0.2, 0.25) is 0 Å². The van der Waals surface area contributed by atoms with E-state index in [4.69, 9.17) is 4.74 Å². The number of hydrogen-bond acceptors (Lipinski definition) is 3. The molecule has 0 saturated carbocycles. The third-order valence-electron chi connectivity index (χ3n) is 3.24. The number of alkyl halides is 3. The molecular formula is C14H16F3NO2. The number of rotatable bonds is 2. The minimum Gasteiger partial charge on any atom is -0.372 e. The van der Waals surface area contributed by atoms with E-state index in [0.29, 0.717) is 25.1 Å². The molecule has 0 N–H and O–H groups in total. The van der Waals surface area contributed by atoms with Gasteiger partial charge in [-0.15, -0.1) is 0 Å². The number of benzene rings is 1. The lowest BCUT2D eigenvalue weighted by Gasteiger charge is -2.37. The maximum Gasteiger partial charge on any atom is 0.416 e. The Morgan fingerprint density at radius 3 is 2.35 bits per heavy atom. The van der Waals surface area contributed by atoms with Gasteiger partial charge in [-0.05, 0) is 32.0 Å². The number of ether oxygens (including phenoxy) is 1. The Hall–Kier alpha value is -1.56. The van der Waals surface area contributed by atoms with Gasteiger partial charge in [0, 0.05) is 24.3 Å². The lowest BCUT2D eigenvalue weighted by Crippen LogP contribution is -2.45. The lowest BCUT2D eigenvalue weighted by molar-refractivity contribution is -0.137. The lowest BCUT2D eigenvalue weighted by atomic mass is 10.1. The van der Waals surface area contributed by atoms with E-state index in [1.165, 1.54) is 6.07 Å². The Morgan fingerprint density at radius 2 is 1.85 bits per heavy atom. The minimum absolute atomic E-state index is 0.0273. The zero-order valence-electron chi connectivity index (χ0n) is 11.3. The summed E-state index contributed by atoms with van der Waals surface area (Å²) >= 11 is 0. The van der Waals surface area contributed by atoms with E-state index in [-0.39, 0.29) is 17.8 Å². The van der Waals surface area contributed by atoms with Gasteiger partial charge in [0.2, 0.25) is 0 Å². The normalized spacial score (nSPS) is 23.8. The standard InChI is InChI=1S/C14H16F3NO2/c1-9-6-18(7-10(2)20-9)13-4-3-12(14(15,16)17)5-11(13)8-19/h3-5,8-10H,6-7H2,1-2H3. The molecule has 2 rings (SSSR count). The Morgan fingerprint density at radius 1 is 1.25 bits per heavy atom. The van der Waals surface area contributed by atoms with Gasteiger partial charge in [0.05, 0.1) is 17.8 Å². The molecule has 110 valence electrons. The topological polar surface area (TPSA) is 29.5 Å². The molecule has 0 spiro atoms. The summed E-state index contributed by atoms with van der Waals surface area (Å²) in [5.41, 5.74) is -0.228. The van der Waals surface area contributed by atoms with E-state index in [1.807, 2.05) is 18.7 Å². The van der Waals surface area contributed by atoms with Crippen molar-refractivity contribution in [3.8, 4) is 0 Å². The van der Waals surface area contributed by atoms with Crippen LogP contribution in [-0.2, 0) is 10.9 Å². The molecule has 0 aromatic heterocycles. The molecule has 1 saturated heterocycles. The van der Waals surface area contributed by atoms with Crippen LogP contribution in [-0.4, -0.2) is 31.6 Å². The van der Waals surface area contributed by atoms with Crippen LogP contribution in [0.5, 0.6) is 0 Å². The maximum atomic E-state index is 12.7. The Kier molecular flexibility index (Phi) is 4.04. The summed E-state index contributed by atoms with van der Waals surface area (Å²) < 4.78 is 43.5. The summed E-state index contributed by atoms with van der Waals surface area (Å²) in [4.78, 5) is 13.0. The van der Waals surface area contributed by atoms with Gasteiger partial charge in [0.1, 0.15) is 0 Å². The fourth-order valence-corrected chi connectivity index (χ4v) is 2.49. The Bertz CT molecular complexity index is 492. The van der Waals surface area contributed by atoms with Crippen LogP contribution in [0, 0.1) is 0 Å². The highest BCUT2D eigenvalue weighted by atomic mass is 19.4. The molecule has 1 aliphatic heterocycles. The first kappa shape index (κ1) is 14.8. The fourth-order valence-electron chi connectivity index (χ4n) is 2.49. The van der Waals surface area contributed by atoms with E-state index in [1.54, 1.807) is 0 Å². The third kappa shape index (κ3) is 3.12. The van der Waals surface area contributed by atoms with Crippen molar-refractivity contribution in [1.29, 1.82) is 0 Å². The number of carbonyl (C=O) groups excluding carboxylic acids is 1. The van der Waals surface area contributed by atoms with Gasteiger partial charge < -0.3 is 9.64 Å². The molecule has 0 bridgehead atoms. The van der Waals surface area contributed by atoms with Crippen LogP contribution in [0.1, 0.15) is 29.8 Å². The van der Waals surface area contributed by atoms with Crippen molar-refractivity contribution in [2.75, 3.05) is 18.0 Å². The van der Waals surface area contributed by atoms with E-state index in [2.05, 4.69) is 0 Å². The average Bonchev–Trinajstić information content (AvgIpc) is 2.35.